The summed E-state index contributed by atoms with van der Waals surface area (Å²) < 4.78 is 20.1. The van der Waals surface area contributed by atoms with Gasteiger partial charge in [0.05, 0.1) is 18.2 Å². The maximum absolute atomic E-state index is 13.6. The minimum absolute atomic E-state index is 0.00561. The van der Waals surface area contributed by atoms with Crippen LogP contribution in [0.25, 0.3) is 0 Å². The topological polar surface area (TPSA) is 70.8 Å². The van der Waals surface area contributed by atoms with Crippen LogP contribution in [-0.2, 0) is 11.3 Å². The Bertz CT molecular complexity index is 1130. The SMILES string of the molecule is COCCn1c(C)cc(O)c(C(c2ccncc2)N2CCN(c3ccc(F)cc3)CC2)c1=O. The molecule has 1 saturated heterocycles. The quantitative estimate of drug-likeness (QED) is 0.595. The Balaban J connectivity index is 1.68. The van der Waals surface area contributed by atoms with Gasteiger partial charge in [-0.15, -0.1) is 0 Å². The zero-order valence-corrected chi connectivity index (χ0v) is 18.9. The molecule has 1 aromatic carbocycles. The van der Waals surface area contributed by atoms with Crippen LogP contribution < -0.4 is 10.5 Å². The standard InChI is InChI=1S/C25H29FN4O3/c1-18-17-22(31)23(25(32)30(18)15-16-33-2)24(19-7-9-27-10-8-19)29-13-11-28(12-14-29)21-5-3-20(26)4-6-21/h3-10,17,24,31H,11-16H2,1-2H3. The number of benzene rings is 1. The van der Waals surface area contributed by atoms with Crippen molar-refractivity contribution in [1.82, 2.24) is 14.5 Å². The summed E-state index contributed by atoms with van der Waals surface area (Å²) in [6.07, 6.45) is 3.40. The molecule has 174 valence electrons. The van der Waals surface area contributed by atoms with Gasteiger partial charge in [-0.05, 0) is 55.0 Å². The van der Waals surface area contributed by atoms with Gasteiger partial charge in [0.15, 0.2) is 0 Å². The van der Waals surface area contributed by atoms with Gasteiger partial charge in [-0.2, -0.15) is 0 Å². The van der Waals surface area contributed by atoms with Gasteiger partial charge in [0.1, 0.15) is 11.6 Å². The van der Waals surface area contributed by atoms with Crippen molar-refractivity contribution in [3.8, 4) is 5.75 Å². The average molecular weight is 453 g/mol. The fourth-order valence-corrected chi connectivity index (χ4v) is 4.48. The van der Waals surface area contributed by atoms with Crippen molar-refractivity contribution >= 4 is 5.69 Å². The number of piperazine rings is 1. The minimum Gasteiger partial charge on any atom is -0.507 e. The van der Waals surface area contributed by atoms with Crippen molar-refractivity contribution in [2.45, 2.75) is 19.5 Å². The smallest absolute Gasteiger partial charge is 0.259 e. The molecule has 0 amide bonds. The zero-order chi connectivity index (χ0) is 23.4. The fraction of sp³-hybridized carbons (Fsp3) is 0.360. The summed E-state index contributed by atoms with van der Waals surface area (Å²) in [6.45, 7) is 5.42. The molecule has 0 radical (unpaired) electrons. The van der Waals surface area contributed by atoms with Crippen LogP contribution in [0.15, 0.2) is 59.7 Å². The summed E-state index contributed by atoms with van der Waals surface area (Å²) in [7, 11) is 1.60. The molecule has 8 heteroatoms. The van der Waals surface area contributed by atoms with Crippen LogP contribution in [0.4, 0.5) is 10.1 Å². The number of aromatic nitrogens is 2. The zero-order valence-electron chi connectivity index (χ0n) is 18.9. The molecule has 0 bridgehead atoms. The van der Waals surface area contributed by atoms with Gasteiger partial charge in [0.2, 0.25) is 0 Å². The van der Waals surface area contributed by atoms with Gasteiger partial charge in [0, 0.05) is 63.6 Å². The number of rotatable bonds is 7. The van der Waals surface area contributed by atoms with Crippen molar-refractivity contribution < 1.29 is 14.2 Å². The lowest BCUT2D eigenvalue weighted by Gasteiger charge is -2.40. The van der Waals surface area contributed by atoms with Crippen LogP contribution in [0.5, 0.6) is 5.75 Å². The molecule has 2 aromatic heterocycles. The van der Waals surface area contributed by atoms with Crippen LogP contribution in [0.2, 0.25) is 0 Å². The van der Waals surface area contributed by atoms with Crippen molar-refractivity contribution in [1.29, 1.82) is 0 Å². The maximum Gasteiger partial charge on any atom is 0.259 e. The Morgan fingerprint density at radius 1 is 1.09 bits per heavy atom. The number of aromatic hydroxyl groups is 1. The average Bonchev–Trinajstić information content (AvgIpc) is 2.83. The highest BCUT2D eigenvalue weighted by molar-refractivity contribution is 5.47. The van der Waals surface area contributed by atoms with E-state index in [1.807, 2.05) is 19.1 Å². The normalized spacial score (nSPS) is 15.5. The van der Waals surface area contributed by atoms with E-state index >= 15 is 0 Å². The molecule has 0 aliphatic carbocycles. The number of halogens is 1. The first-order valence-electron chi connectivity index (χ1n) is 11.1. The second-order valence-electron chi connectivity index (χ2n) is 8.22. The molecule has 1 fully saturated rings. The Labute approximate surface area is 192 Å². The van der Waals surface area contributed by atoms with E-state index in [4.69, 9.17) is 4.74 Å². The van der Waals surface area contributed by atoms with Crippen LogP contribution in [0.1, 0.15) is 22.9 Å². The summed E-state index contributed by atoms with van der Waals surface area (Å²) in [5.74, 6) is -0.260. The molecule has 1 atom stereocenters. The van der Waals surface area contributed by atoms with E-state index in [0.29, 0.717) is 37.5 Å². The van der Waals surface area contributed by atoms with Gasteiger partial charge < -0.3 is 19.3 Å². The molecule has 1 N–H and O–H groups in total. The van der Waals surface area contributed by atoms with E-state index in [1.165, 1.54) is 12.1 Å². The molecular weight excluding hydrogens is 423 g/mol. The molecule has 0 spiro atoms. The summed E-state index contributed by atoms with van der Waals surface area (Å²) in [6, 6.07) is 11.5. The largest absolute Gasteiger partial charge is 0.507 e. The highest BCUT2D eigenvalue weighted by Crippen LogP contribution is 2.33. The van der Waals surface area contributed by atoms with Crippen LogP contribution in [-0.4, -0.2) is 59.5 Å². The lowest BCUT2D eigenvalue weighted by atomic mass is 9.96. The first-order chi connectivity index (χ1) is 16.0. The summed E-state index contributed by atoms with van der Waals surface area (Å²) >= 11 is 0. The lowest BCUT2D eigenvalue weighted by Crippen LogP contribution is -2.49. The van der Waals surface area contributed by atoms with Crippen LogP contribution >= 0.6 is 0 Å². The maximum atomic E-state index is 13.6. The summed E-state index contributed by atoms with van der Waals surface area (Å²) in [5.41, 5.74) is 2.70. The molecule has 4 rings (SSSR count). The molecular formula is C25H29FN4O3. The van der Waals surface area contributed by atoms with E-state index in [9.17, 15) is 14.3 Å². The number of aryl methyl sites for hydroxylation is 1. The van der Waals surface area contributed by atoms with E-state index < -0.39 is 6.04 Å². The summed E-state index contributed by atoms with van der Waals surface area (Å²) in [5, 5.41) is 10.9. The molecule has 3 aromatic rings. The molecule has 7 nitrogen and oxygen atoms in total. The third kappa shape index (κ3) is 4.91. The number of anilines is 1. The minimum atomic E-state index is -0.412. The lowest BCUT2D eigenvalue weighted by molar-refractivity contribution is 0.183. The highest BCUT2D eigenvalue weighted by Gasteiger charge is 2.31. The van der Waals surface area contributed by atoms with E-state index in [0.717, 1.165) is 24.3 Å². The van der Waals surface area contributed by atoms with Crippen molar-refractivity contribution in [2.75, 3.05) is 44.8 Å². The molecule has 1 aliphatic heterocycles. The van der Waals surface area contributed by atoms with Crippen LogP contribution in [0, 0.1) is 12.7 Å². The molecule has 1 aliphatic rings. The van der Waals surface area contributed by atoms with Crippen molar-refractivity contribution in [3.05, 3.63) is 87.9 Å². The Morgan fingerprint density at radius 3 is 2.39 bits per heavy atom. The fourth-order valence-electron chi connectivity index (χ4n) is 4.48. The van der Waals surface area contributed by atoms with Crippen molar-refractivity contribution in [2.24, 2.45) is 0 Å². The number of ether oxygens (including phenoxy) is 1. The first-order valence-corrected chi connectivity index (χ1v) is 11.1. The molecule has 1 unspecified atom stereocenters. The number of hydrogen-bond donors (Lipinski definition) is 1. The van der Waals surface area contributed by atoms with E-state index in [2.05, 4.69) is 14.8 Å². The predicted molar refractivity (Wildman–Crippen MR) is 125 cm³/mol. The summed E-state index contributed by atoms with van der Waals surface area (Å²) in [4.78, 5) is 22.1. The van der Waals surface area contributed by atoms with Gasteiger partial charge >= 0.3 is 0 Å². The third-order valence-corrected chi connectivity index (χ3v) is 6.21. The van der Waals surface area contributed by atoms with Crippen molar-refractivity contribution in [3.63, 3.8) is 0 Å². The second kappa shape index (κ2) is 10.1. The predicted octanol–water partition coefficient (Wildman–Crippen LogP) is 2.95. The Morgan fingerprint density at radius 2 is 1.76 bits per heavy atom. The third-order valence-electron chi connectivity index (χ3n) is 6.21. The number of pyridine rings is 2. The van der Waals surface area contributed by atoms with Crippen LogP contribution in [0.3, 0.4) is 0 Å². The highest BCUT2D eigenvalue weighted by atomic mass is 19.1. The first kappa shape index (κ1) is 22.9. The Kier molecular flexibility index (Phi) is 7.05. The Hall–Kier alpha value is -3.23. The number of methoxy groups -OCH3 is 1. The second-order valence-corrected chi connectivity index (χ2v) is 8.22. The monoisotopic (exact) mass is 452 g/mol. The molecule has 3 heterocycles. The van der Waals surface area contributed by atoms with E-state index in [-0.39, 0.29) is 17.1 Å². The molecule has 33 heavy (non-hydrogen) atoms. The molecule has 0 saturated carbocycles. The van der Waals surface area contributed by atoms with Gasteiger partial charge in [-0.1, -0.05) is 0 Å². The van der Waals surface area contributed by atoms with Gasteiger partial charge in [-0.25, -0.2) is 4.39 Å². The van der Waals surface area contributed by atoms with Gasteiger partial charge in [-0.3, -0.25) is 14.7 Å². The van der Waals surface area contributed by atoms with Gasteiger partial charge in [0.25, 0.3) is 5.56 Å². The number of hydrogen-bond acceptors (Lipinski definition) is 6. The number of nitrogens with zero attached hydrogens (tertiary/aromatic N) is 4. The van der Waals surface area contributed by atoms with E-state index in [1.54, 1.807) is 42.3 Å².